The Morgan fingerprint density at radius 1 is 1.47 bits per heavy atom. The Morgan fingerprint density at radius 3 is 2.89 bits per heavy atom. The van der Waals surface area contributed by atoms with Crippen LogP contribution in [-0.4, -0.2) is 23.8 Å². The summed E-state index contributed by atoms with van der Waals surface area (Å²) in [7, 11) is 0. The first kappa shape index (κ1) is 12.9. The predicted octanol–water partition coefficient (Wildman–Crippen LogP) is -0.493. The van der Waals surface area contributed by atoms with Crippen LogP contribution in [0.4, 0.5) is 5.69 Å². The normalized spacial score (nSPS) is 16.9. The molecule has 1 aliphatic rings. The van der Waals surface area contributed by atoms with E-state index in [1.807, 2.05) is 0 Å². The molecule has 1 unspecified atom stereocenters. The number of nitrogens with two attached hydrogens (primary N) is 1. The molecule has 0 aromatic heterocycles. The van der Waals surface area contributed by atoms with Crippen molar-refractivity contribution in [1.29, 1.82) is 0 Å². The lowest BCUT2D eigenvalue weighted by Gasteiger charge is -2.23. The van der Waals surface area contributed by atoms with Crippen molar-refractivity contribution >= 4 is 23.4 Å². The number of primary amides is 1. The molecular formula is C12H13N3O4. The highest BCUT2D eigenvalue weighted by Gasteiger charge is 2.23. The van der Waals surface area contributed by atoms with Crippen molar-refractivity contribution in [3.8, 4) is 5.75 Å². The minimum Gasteiger partial charge on any atom is -0.479 e. The van der Waals surface area contributed by atoms with Crippen molar-refractivity contribution < 1.29 is 19.1 Å². The van der Waals surface area contributed by atoms with Crippen molar-refractivity contribution in [3.05, 3.63) is 23.8 Å². The molecule has 0 saturated carbocycles. The highest BCUT2D eigenvalue weighted by Crippen LogP contribution is 2.30. The summed E-state index contributed by atoms with van der Waals surface area (Å²) < 4.78 is 5.39. The standard InChI is InChI=1S/C12H13N3O4/c1-6-11(17)15-8-4-7(2-3-9(8)19-6)5-14-12(18)10(13)16/h2-4,6H,5H2,1H3,(H2,13,16)(H,14,18)(H,15,17). The van der Waals surface area contributed by atoms with Gasteiger partial charge in [0.2, 0.25) is 0 Å². The molecule has 0 fully saturated rings. The van der Waals surface area contributed by atoms with Gasteiger partial charge in [-0.1, -0.05) is 6.07 Å². The number of benzene rings is 1. The Bertz CT molecular complexity index is 556. The fourth-order valence-corrected chi connectivity index (χ4v) is 1.64. The van der Waals surface area contributed by atoms with Crippen LogP contribution in [-0.2, 0) is 20.9 Å². The molecule has 0 aliphatic carbocycles. The number of fused-ring (bicyclic) bond motifs is 1. The monoisotopic (exact) mass is 263 g/mol. The predicted molar refractivity (Wildman–Crippen MR) is 66.2 cm³/mol. The van der Waals surface area contributed by atoms with Crippen molar-refractivity contribution in [2.45, 2.75) is 19.6 Å². The van der Waals surface area contributed by atoms with Gasteiger partial charge in [-0.25, -0.2) is 0 Å². The zero-order chi connectivity index (χ0) is 14.0. The largest absolute Gasteiger partial charge is 0.479 e. The quantitative estimate of drug-likeness (QED) is 0.625. The summed E-state index contributed by atoms with van der Waals surface area (Å²) in [6.07, 6.45) is -0.534. The van der Waals surface area contributed by atoms with Crippen LogP contribution >= 0.6 is 0 Å². The van der Waals surface area contributed by atoms with E-state index in [9.17, 15) is 14.4 Å². The highest BCUT2D eigenvalue weighted by atomic mass is 16.5. The second-order valence-electron chi connectivity index (χ2n) is 4.13. The summed E-state index contributed by atoms with van der Waals surface area (Å²) in [5.41, 5.74) is 6.07. The van der Waals surface area contributed by atoms with Gasteiger partial charge in [-0.2, -0.15) is 0 Å². The molecule has 7 nitrogen and oxygen atoms in total. The summed E-state index contributed by atoms with van der Waals surface area (Å²) in [6, 6.07) is 5.09. The van der Waals surface area contributed by atoms with Gasteiger partial charge in [0.1, 0.15) is 5.75 Å². The van der Waals surface area contributed by atoms with Gasteiger partial charge in [0.25, 0.3) is 5.91 Å². The number of carbonyl (C=O) groups is 3. The van der Waals surface area contributed by atoms with E-state index < -0.39 is 17.9 Å². The van der Waals surface area contributed by atoms with Crippen LogP contribution in [0.3, 0.4) is 0 Å². The molecule has 0 saturated heterocycles. The maximum absolute atomic E-state index is 11.5. The Labute approximate surface area is 109 Å². The lowest BCUT2D eigenvalue weighted by molar-refractivity contribution is -0.137. The minimum atomic E-state index is -1.04. The molecule has 0 bridgehead atoms. The molecule has 1 aliphatic heterocycles. The zero-order valence-electron chi connectivity index (χ0n) is 10.2. The van der Waals surface area contributed by atoms with E-state index in [4.69, 9.17) is 10.5 Å². The summed E-state index contributed by atoms with van der Waals surface area (Å²) in [5.74, 6) is -1.56. The number of hydrogen-bond donors (Lipinski definition) is 3. The summed E-state index contributed by atoms with van der Waals surface area (Å²) in [6.45, 7) is 1.79. The van der Waals surface area contributed by atoms with E-state index in [1.54, 1.807) is 25.1 Å². The van der Waals surface area contributed by atoms with Crippen molar-refractivity contribution in [3.63, 3.8) is 0 Å². The Hall–Kier alpha value is -2.57. The van der Waals surface area contributed by atoms with Crippen molar-refractivity contribution in [2.24, 2.45) is 5.73 Å². The van der Waals surface area contributed by atoms with Gasteiger partial charge in [0.05, 0.1) is 5.69 Å². The van der Waals surface area contributed by atoms with Crippen molar-refractivity contribution in [1.82, 2.24) is 5.32 Å². The smallest absolute Gasteiger partial charge is 0.309 e. The first-order valence-electron chi connectivity index (χ1n) is 5.65. The zero-order valence-corrected chi connectivity index (χ0v) is 10.2. The average molecular weight is 263 g/mol. The lowest BCUT2D eigenvalue weighted by atomic mass is 10.1. The fraction of sp³-hybridized carbons (Fsp3) is 0.250. The maximum Gasteiger partial charge on any atom is 0.309 e. The second-order valence-corrected chi connectivity index (χ2v) is 4.13. The lowest BCUT2D eigenvalue weighted by Crippen LogP contribution is -2.36. The Balaban J connectivity index is 2.09. The molecule has 1 heterocycles. The van der Waals surface area contributed by atoms with Crippen LogP contribution in [0.5, 0.6) is 5.75 Å². The van der Waals surface area contributed by atoms with Gasteiger partial charge in [-0.15, -0.1) is 0 Å². The third kappa shape index (κ3) is 2.82. The van der Waals surface area contributed by atoms with Gasteiger partial charge < -0.3 is 21.1 Å². The van der Waals surface area contributed by atoms with Gasteiger partial charge in [-0.05, 0) is 24.6 Å². The molecule has 1 aromatic rings. The van der Waals surface area contributed by atoms with Crippen LogP contribution in [0.1, 0.15) is 12.5 Å². The fourth-order valence-electron chi connectivity index (χ4n) is 1.64. The number of ether oxygens (including phenoxy) is 1. The van der Waals surface area contributed by atoms with Crippen molar-refractivity contribution in [2.75, 3.05) is 5.32 Å². The van der Waals surface area contributed by atoms with Gasteiger partial charge >= 0.3 is 11.8 Å². The molecular weight excluding hydrogens is 250 g/mol. The Kier molecular flexibility index (Phi) is 3.37. The third-order valence-corrected chi connectivity index (χ3v) is 2.65. The average Bonchev–Trinajstić information content (AvgIpc) is 2.37. The van der Waals surface area contributed by atoms with Crippen LogP contribution in [0.25, 0.3) is 0 Å². The summed E-state index contributed by atoms with van der Waals surface area (Å²) in [4.78, 5) is 33.0. The molecule has 19 heavy (non-hydrogen) atoms. The molecule has 7 heteroatoms. The number of amides is 3. The summed E-state index contributed by atoms with van der Waals surface area (Å²) >= 11 is 0. The Morgan fingerprint density at radius 2 is 2.21 bits per heavy atom. The van der Waals surface area contributed by atoms with Gasteiger partial charge in [0.15, 0.2) is 6.10 Å². The first-order valence-corrected chi connectivity index (χ1v) is 5.65. The summed E-state index contributed by atoms with van der Waals surface area (Å²) in [5, 5.41) is 5.05. The third-order valence-electron chi connectivity index (χ3n) is 2.65. The number of rotatable bonds is 2. The molecule has 0 spiro atoms. The molecule has 100 valence electrons. The van der Waals surface area contributed by atoms with Crippen LogP contribution < -0.4 is 21.1 Å². The van der Waals surface area contributed by atoms with E-state index in [1.165, 1.54) is 0 Å². The van der Waals surface area contributed by atoms with E-state index in [0.29, 0.717) is 17.0 Å². The van der Waals surface area contributed by atoms with Crippen LogP contribution in [0.15, 0.2) is 18.2 Å². The molecule has 1 atom stereocenters. The second kappa shape index (κ2) is 4.97. The van der Waals surface area contributed by atoms with E-state index in [2.05, 4.69) is 10.6 Å². The number of carbonyl (C=O) groups excluding carboxylic acids is 3. The van der Waals surface area contributed by atoms with Crippen LogP contribution in [0, 0.1) is 0 Å². The number of nitrogens with one attached hydrogen (secondary N) is 2. The van der Waals surface area contributed by atoms with E-state index >= 15 is 0 Å². The van der Waals surface area contributed by atoms with Gasteiger partial charge in [-0.3, -0.25) is 14.4 Å². The molecule has 4 N–H and O–H groups in total. The molecule has 0 radical (unpaired) electrons. The number of hydrogen-bond acceptors (Lipinski definition) is 4. The maximum atomic E-state index is 11.5. The minimum absolute atomic E-state index is 0.139. The molecule has 1 aromatic carbocycles. The SMILES string of the molecule is CC1Oc2ccc(CNC(=O)C(N)=O)cc2NC1=O. The topological polar surface area (TPSA) is 111 Å². The van der Waals surface area contributed by atoms with E-state index in [-0.39, 0.29) is 12.5 Å². The number of anilines is 1. The first-order chi connectivity index (χ1) is 8.97. The molecule has 3 amide bonds. The molecule has 2 rings (SSSR count). The van der Waals surface area contributed by atoms with E-state index in [0.717, 1.165) is 0 Å². The highest BCUT2D eigenvalue weighted by molar-refractivity contribution is 6.34. The van der Waals surface area contributed by atoms with Gasteiger partial charge in [0, 0.05) is 6.54 Å². The van der Waals surface area contributed by atoms with Crippen LogP contribution in [0.2, 0.25) is 0 Å².